The predicted molar refractivity (Wildman–Crippen MR) is 97.5 cm³/mol. The predicted octanol–water partition coefficient (Wildman–Crippen LogP) is 3.75. The van der Waals surface area contributed by atoms with Gasteiger partial charge < -0.3 is 9.47 Å². The number of esters is 1. The smallest absolute Gasteiger partial charge is 0.311 e. The maximum Gasteiger partial charge on any atom is 0.311 e. The van der Waals surface area contributed by atoms with Crippen molar-refractivity contribution in [1.82, 2.24) is 0 Å². The molecule has 6 nitrogen and oxygen atoms in total. The molecule has 0 radical (unpaired) electrons. The zero-order valence-corrected chi connectivity index (χ0v) is 15.5. The van der Waals surface area contributed by atoms with Gasteiger partial charge in [0.15, 0.2) is 0 Å². The summed E-state index contributed by atoms with van der Waals surface area (Å²) in [6.45, 7) is 0.952. The van der Waals surface area contributed by atoms with Crippen LogP contribution in [0.4, 0.5) is 5.69 Å². The van der Waals surface area contributed by atoms with E-state index in [0.717, 1.165) is 25.9 Å². The second-order valence-corrected chi connectivity index (χ2v) is 7.12. The highest BCUT2D eigenvalue weighted by atomic mass is 32.2. The number of carbonyl (C=O) groups is 1. The number of anilines is 1. The van der Waals surface area contributed by atoms with Gasteiger partial charge in [-0.1, -0.05) is 32.1 Å². The van der Waals surface area contributed by atoms with Crippen LogP contribution in [0, 0.1) is 0 Å². The van der Waals surface area contributed by atoms with Crippen LogP contribution in [-0.4, -0.2) is 30.0 Å². The first-order chi connectivity index (χ1) is 12.2. The lowest BCUT2D eigenvalue weighted by molar-refractivity contribution is -0.134. The van der Waals surface area contributed by atoms with Gasteiger partial charge in [0.2, 0.25) is 0 Å². The molecule has 2 atom stereocenters. The minimum absolute atomic E-state index is 0.216. The van der Waals surface area contributed by atoms with Crippen LogP contribution in [0.2, 0.25) is 0 Å². The summed E-state index contributed by atoms with van der Waals surface area (Å²) in [7, 11) is 1.35. The van der Waals surface area contributed by atoms with Gasteiger partial charge in [0, 0.05) is 12.1 Å². The van der Waals surface area contributed by atoms with Gasteiger partial charge in [-0.3, -0.25) is 13.7 Å². The van der Waals surface area contributed by atoms with Crippen molar-refractivity contribution < 1.29 is 22.7 Å². The normalized spacial score (nSPS) is 17.1. The molecule has 0 spiro atoms. The minimum atomic E-state index is -1.57. The van der Waals surface area contributed by atoms with E-state index in [-0.39, 0.29) is 5.97 Å². The van der Waals surface area contributed by atoms with E-state index in [1.807, 2.05) is 0 Å². The number of hydrogen-bond acceptors (Lipinski definition) is 5. The number of unbranched alkanes of at least 4 members (excludes halogenated alkanes) is 5. The van der Waals surface area contributed by atoms with E-state index in [9.17, 15) is 9.00 Å². The molecule has 1 saturated heterocycles. The minimum Gasteiger partial charge on any atom is -0.427 e. The molecule has 0 bridgehead atoms. The maximum absolute atomic E-state index is 11.8. The lowest BCUT2D eigenvalue weighted by atomic mass is 10.1. The molecule has 140 valence electrons. The molecular weight excluding hydrogens is 342 g/mol. The first kappa shape index (κ1) is 19.9. The van der Waals surface area contributed by atoms with Crippen molar-refractivity contribution in [2.75, 3.05) is 18.4 Å². The Labute approximate surface area is 152 Å². The highest BCUT2D eigenvalue weighted by Gasteiger charge is 2.20. The van der Waals surface area contributed by atoms with Crippen LogP contribution in [0.25, 0.3) is 0 Å². The van der Waals surface area contributed by atoms with Gasteiger partial charge in [0.25, 0.3) is 11.3 Å². The summed E-state index contributed by atoms with van der Waals surface area (Å²) in [5.41, 5.74) is 0.633. The molecule has 1 fully saturated rings. The average molecular weight is 369 g/mol. The van der Waals surface area contributed by atoms with E-state index in [2.05, 4.69) is 8.91 Å². The fourth-order valence-corrected chi connectivity index (χ4v) is 2.91. The summed E-state index contributed by atoms with van der Waals surface area (Å²) >= 11 is -1.57. The molecule has 1 aliphatic heterocycles. The van der Waals surface area contributed by atoms with Gasteiger partial charge in [-0.05, 0) is 37.1 Å². The molecule has 0 aromatic heterocycles. The summed E-state index contributed by atoms with van der Waals surface area (Å²) in [5, 5.41) is 0. The summed E-state index contributed by atoms with van der Waals surface area (Å²) in [4.78, 5) is 11.8. The Bertz CT molecular complexity index is 545. The third kappa shape index (κ3) is 9.00. The first-order valence-corrected chi connectivity index (χ1v) is 9.90. The molecule has 0 amide bonds. The summed E-state index contributed by atoms with van der Waals surface area (Å²) in [6, 6.07) is 6.70. The average Bonchev–Trinajstić information content (AvgIpc) is 3.43. The Kier molecular flexibility index (Phi) is 8.93. The third-order valence-electron chi connectivity index (χ3n) is 4.00. The van der Waals surface area contributed by atoms with Crippen LogP contribution >= 0.6 is 0 Å². The van der Waals surface area contributed by atoms with Gasteiger partial charge in [0.1, 0.15) is 5.75 Å². The van der Waals surface area contributed by atoms with Crippen LogP contribution in [0.5, 0.6) is 5.75 Å². The summed E-state index contributed by atoms with van der Waals surface area (Å²) in [6.07, 6.45) is 8.97. The molecule has 25 heavy (non-hydrogen) atoms. The number of epoxide rings is 1. The van der Waals surface area contributed by atoms with E-state index >= 15 is 0 Å². The number of rotatable bonds is 13. The van der Waals surface area contributed by atoms with E-state index in [0.29, 0.717) is 24.0 Å². The van der Waals surface area contributed by atoms with Crippen LogP contribution in [-0.2, 0) is 25.0 Å². The summed E-state index contributed by atoms with van der Waals surface area (Å²) < 4.78 is 28.9. The van der Waals surface area contributed by atoms with Crippen LogP contribution in [0.1, 0.15) is 51.4 Å². The van der Waals surface area contributed by atoms with Crippen LogP contribution < -0.4 is 9.46 Å². The van der Waals surface area contributed by atoms with Crippen molar-refractivity contribution in [3.63, 3.8) is 0 Å². The van der Waals surface area contributed by atoms with Crippen molar-refractivity contribution in [2.45, 2.75) is 57.5 Å². The molecule has 1 heterocycles. The Morgan fingerprint density at radius 1 is 1.16 bits per heavy atom. The Hall–Kier alpha value is -1.44. The van der Waals surface area contributed by atoms with Crippen molar-refractivity contribution in [3.05, 3.63) is 24.3 Å². The maximum atomic E-state index is 11.8. The number of hydrogen-bond donors (Lipinski definition) is 1. The van der Waals surface area contributed by atoms with E-state index in [4.69, 9.17) is 9.47 Å². The van der Waals surface area contributed by atoms with Crippen molar-refractivity contribution >= 4 is 22.9 Å². The number of carbonyl (C=O) groups excluding carboxylic acids is 1. The van der Waals surface area contributed by atoms with Gasteiger partial charge >= 0.3 is 5.97 Å². The van der Waals surface area contributed by atoms with Crippen molar-refractivity contribution in [2.24, 2.45) is 0 Å². The molecule has 2 unspecified atom stereocenters. The number of nitrogens with one attached hydrogen (secondary N) is 1. The largest absolute Gasteiger partial charge is 0.427 e. The van der Waals surface area contributed by atoms with E-state index in [1.165, 1.54) is 32.8 Å². The fraction of sp³-hybridized carbons (Fsp3) is 0.611. The number of ether oxygens (including phenoxy) is 2. The van der Waals surface area contributed by atoms with E-state index < -0.39 is 11.3 Å². The Morgan fingerprint density at radius 2 is 1.80 bits per heavy atom. The molecule has 1 aromatic rings. The standard InChI is InChI=1S/C18H27NO5S/c1-22-25(21)19-15-10-12-16(13-11-15)24-18(20)9-7-5-3-2-4-6-8-17-14-23-17/h10-13,17,19H,2-9,14H2,1H3. The van der Waals surface area contributed by atoms with Crippen LogP contribution in [0.3, 0.4) is 0 Å². The van der Waals surface area contributed by atoms with Gasteiger partial charge in [-0.15, -0.1) is 0 Å². The Morgan fingerprint density at radius 3 is 2.44 bits per heavy atom. The molecule has 0 saturated carbocycles. The Balaban J connectivity index is 1.51. The van der Waals surface area contributed by atoms with Gasteiger partial charge in [0.05, 0.1) is 19.8 Å². The highest BCUT2D eigenvalue weighted by Crippen LogP contribution is 2.19. The molecule has 1 aliphatic rings. The van der Waals surface area contributed by atoms with E-state index in [1.54, 1.807) is 24.3 Å². The monoisotopic (exact) mass is 369 g/mol. The first-order valence-electron chi connectivity index (χ1n) is 8.82. The molecule has 1 aromatic carbocycles. The lowest BCUT2D eigenvalue weighted by Crippen LogP contribution is -2.08. The van der Waals surface area contributed by atoms with Gasteiger partial charge in [-0.2, -0.15) is 0 Å². The second-order valence-electron chi connectivity index (χ2n) is 6.12. The fourth-order valence-electron chi connectivity index (χ4n) is 2.49. The zero-order valence-electron chi connectivity index (χ0n) is 14.7. The quantitative estimate of drug-likeness (QED) is 0.248. The van der Waals surface area contributed by atoms with Crippen LogP contribution in [0.15, 0.2) is 24.3 Å². The molecule has 1 N–H and O–H groups in total. The zero-order chi connectivity index (χ0) is 17.9. The van der Waals surface area contributed by atoms with Crippen molar-refractivity contribution in [3.8, 4) is 5.75 Å². The molecule has 0 aliphatic carbocycles. The SMILES string of the molecule is COS(=O)Nc1ccc(OC(=O)CCCCCCCCC2CO2)cc1. The number of benzene rings is 1. The van der Waals surface area contributed by atoms with Gasteiger partial charge in [-0.25, -0.2) is 4.21 Å². The van der Waals surface area contributed by atoms with Crippen molar-refractivity contribution in [1.29, 1.82) is 0 Å². The second kappa shape index (κ2) is 11.2. The molecular formula is C18H27NO5S. The highest BCUT2D eigenvalue weighted by molar-refractivity contribution is 7.81. The third-order valence-corrected chi connectivity index (χ3v) is 4.70. The molecule has 7 heteroatoms. The molecule has 2 rings (SSSR count). The lowest BCUT2D eigenvalue weighted by Gasteiger charge is -2.07. The summed E-state index contributed by atoms with van der Waals surface area (Å²) in [5.74, 6) is 0.271. The topological polar surface area (TPSA) is 77.2 Å².